The number of thiazole rings is 1. The third kappa shape index (κ3) is 4.21. The minimum Gasteiger partial charge on any atom is -0.328 e. The molecule has 2 heterocycles. The summed E-state index contributed by atoms with van der Waals surface area (Å²) in [6, 6.07) is 0.319. The average Bonchev–Trinajstić information content (AvgIpc) is 2.64. The molecule has 17 heavy (non-hydrogen) atoms. The first-order chi connectivity index (χ1) is 7.65. The number of piperidine rings is 1. The number of aromatic nitrogens is 1. The molecular formula is C12H22ClN3S. The van der Waals surface area contributed by atoms with Gasteiger partial charge in [-0.25, -0.2) is 4.98 Å². The highest BCUT2D eigenvalue weighted by Gasteiger charge is 2.22. The van der Waals surface area contributed by atoms with Gasteiger partial charge in [0.15, 0.2) is 0 Å². The first-order valence-electron chi connectivity index (χ1n) is 6.04. The number of nitrogens with zero attached hydrogens (tertiary/aromatic N) is 2. The zero-order chi connectivity index (χ0) is 11.5. The molecule has 2 N–H and O–H groups in total. The van der Waals surface area contributed by atoms with Crippen molar-refractivity contribution in [3.8, 4) is 0 Å². The third-order valence-electron chi connectivity index (χ3n) is 3.34. The molecule has 1 aromatic rings. The molecule has 98 valence electrons. The van der Waals surface area contributed by atoms with Crippen LogP contribution in [0.3, 0.4) is 0 Å². The largest absolute Gasteiger partial charge is 0.328 e. The van der Waals surface area contributed by atoms with Crippen molar-refractivity contribution < 1.29 is 0 Å². The van der Waals surface area contributed by atoms with Crippen LogP contribution < -0.4 is 5.73 Å². The molecule has 0 aliphatic carbocycles. The monoisotopic (exact) mass is 275 g/mol. The lowest BCUT2D eigenvalue weighted by molar-refractivity contribution is 0.153. The van der Waals surface area contributed by atoms with Crippen LogP contribution in [0.1, 0.15) is 30.5 Å². The Morgan fingerprint density at radius 1 is 1.65 bits per heavy atom. The van der Waals surface area contributed by atoms with Gasteiger partial charge in [-0.1, -0.05) is 0 Å². The van der Waals surface area contributed by atoms with Gasteiger partial charge in [-0.05, 0) is 39.2 Å². The maximum Gasteiger partial charge on any atom is 0.0897 e. The van der Waals surface area contributed by atoms with Gasteiger partial charge in [-0.15, -0.1) is 23.7 Å². The summed E-state index contributed by atoms with van der Waals surface area (Å²) < 4.78 is 0. The number of hydrogen-bond donors (Lipinski definition) is 1. The van der Waals surface area contributed by atoms with Gasteiger partial charge in [-0.2, -0.15) is 0 Å². The van der Waals surface area contributed by atoms with Crippen molar-refractivity contribution in [3.63, 3.8) is 0 Å². The van der Waals surface area contributed by atoms with Crippen LogP contribution in [0.15, 0.2) is 5.38 Å². The van der Waals surface area contributed by atoms with Gasteiger partial charge in [0.1, 0.15) is 0 Å². The van der Waals surface area contributed by atoms with Crippen LogP contribution >= 0.6 is 23.7 Å². The van der Waals surface area contributed by atoms with E-state index in [0.717, 1.165) is 18.1 Å². The normalized spacial score (nSPS) is 23.1. The number of likely N-dealkylation sites (tertiary alicyclic amines) is 1. The molecular weight excluding hydrogens is 254 g/mol. The molecule has 0 aromatic carbocycles. The van der Waals surface area contributed by atoms with Gasteiger partial charge >= 0.3 is 0 Å². The Bertz CT molecular complexity index is 340. The van der Waals surface area contributed by atoms with Crippen LogP contribution in [-0.4, -0.2) is 29.0 Å². The van der Waals surface area contributed by atoms with Crippen molar-refractivity contribution in [1.82, 2.24) is 9.88 Å². The fraction of sp³-hybridized carbons (Fsp3) is 0.750. The molecule has 1 fully saturated rings. The van der Waals surface area contributed by atoms with E-state index < -0.39 is 0 Å². The maximum absolute atomic E-state index is 5.99. The van der Waals surface area contributed by atoms with Crippen LogP contribution in [0.5, 0.6) is 0 Å². The molecule has 1 saturated heterocycles. The molecule has 1 aromatic heterocycles. The molecule has 3 nitrogen and oxygen atoms in total. The van der Waals surface area contributed by atoms with Crippen LogP contribution in [0, 0.1) is 12.8 Å². The molecule has 2 rings (SSSR count). The summed E-state index contributed by atoms with van der Waals surface area (Å²) in [7, 11) is 0. The van der Waals surface area contributed by atoms with E-state index in [2.05, 4.69) is 29.1 Å². The zero-order valence-electron chi connectivity index (χ0n) is 10.6. The molecule has 0 saturated carbocycles. The van der Waals surface area contributed by atoms with Gasteiger partial charge in [0, 0.05) is 24.5 Å². The molecule has 0 bridgehead atoms. The van der Waals surface area contributed by atoms with Gasteiger partial charge in [0.05, 0.1) is 10.7 Å². The van der Waals surface area contributed by atoms with E-state index in [4.69, 9.17) is 5.73 Å². The molecule has 1 aliphatic heterocycles. The summed E-state index contributed by atoms with van der Waals surface area (Å²) in [6.45, 7) is 7.51. The Balaban J connectivity index is 0.00000144. The Kier molecular flexibility index (Phi) is 5.86. The lowest BCUT2D eigenvalue weighted by atomic mass is 9.92. The van der Waals surface area contributed by atoms with Crippen molar-refractivity contribution in [2.45, 2.75) is 39.3 Å². The molecule has 0 amide bonds. The summed E-state index contributed by atoms with van der Waals surface area (Å²) >= 11 is 1.74. The van der Waals surface area contributed by atoms with Gasteiger partial charge in [-0.3, -0.25) is 4.90 Å². The second-order valence-corrected chi connectivity index (χ2v) is 5.92. The fourth-order valence-corrected chi connectivity index (χ4v) is 2.98. The summed E-state index contributed by atoms with van der Waals surface area (Å²) in [5, 5.41) is 3.33. The van der Waals surface area contributed by atoms with Crippen LogP contribution in [-0.2, 0) is 6.54 Å². The number of hydrogen-bond acceptors (Lipinski definition) is 4. The van der Waals surface area contributed by atoms with Crippen molar-refractivity contribution in [1.29, 1.82) is 0 Å². The molecule has 2 atom stereocenters. The second kappa shape index (κ2) is 6.69. The van der Waals surface area contributed by atoms with Crippen LogP contribution in [0.2, 0.25) is 0 Å². The number of halogens is 1. The highest BCUT2D eigenvalue weighted by atomic mass is 35.5. The maximum atomic E-state index is 5.99. The smallest absolute Gasteiger partial charge is 0.0897 e. The van der Waals surface area contributed by atoms with E-state index in [0.29, 0.717) is 12.0 Å². The Hall–Kier alpha value is -0.160. The minimum absolute atomic E-state index is 0. The summed E-state index contributed by atoms with van der Waals surface area (Å²) in [4.78, 5) is 7.01. The molecule has 0 spiro atoms. The minimum atomic E-state index is 0. The Morgan fingerprint density at radius 3 is 3.00 bits per heavy atom. The summed E-state index contributed by atoms with van der Waals surface area (Å²) in [6.07, 6.45) is 2.56. The van der Waals surface area contributed by atoms with Gasteiger partial charge in [0.2, 0.25) is 0 Å². The topological polar surface area (TPSA) is 42.2 Å². The SMILES string of the molecule is Cc1nc(CN2CCCC(C(C)N)C2)cs1.Cl. The molecule has 1 aliphatic rings. The third-order valence-corrected chi connectivity index (χ3v) is 4.16. The number of rotatable bonds is 3. The number of nitrogens with two attached hydrogens (primary N) is 1. The van der Waals surface area contributed by atoms with E-state index in [1.165, 1.54) is 25.1 Å². The molecule has 0 radical (unpaired) electrons. The molecule has 5 heteroatoms. The van der Waals surface area contributed by atoms with Gasteiger partial charge in [0.25, 0.3) is 0 Å². The van der Waals surface area contributed by atoms with Crippen LogP contribution in [0.25, 0.3) is 0 Å². The van der Waals surface area contributed by atoms with E-state index in [9.17, 15) is 0 Å². The van der Waals surface area contributed by atoms with Crippen molar-refractivity contribution in [2.75, 3.05) is 13.1 Å². The van der Waals surface area contributed by atoms with E-state index in [-0.39, 0.29) is 12.4 Å². The predicted molar refractivity (Wildman–Crippen MR) is 75.7 cm³/mol. The standard InChI is InChI=1S/C12H21N3S.ClH/c1-9(13)11-4-3-5-15(6-11)7-12-8-16-10(2)14-12;/h8-9,11H,3-7,13H2,1-2H3;1H. The van der Waals surface area contributed by atoms with Crippen molar-refractivity contribution in [2.24, 2.45) is 11.7 Å². The zero-order valence-corrected chi connectivity index (χ0v) is 12.2. The Morgan fingerprint density at radius 2 is 2.41 bits per heavy atom. The lowest BCUT2D eigenvalue weighted by Gasteiger charge is -2.34. The lowest BCUT2D eigenvalue weighted by Crippen LogP contribution is -2.41. The van der Waals surface area contributed by atoms with E-state index >= 15 is 0 Å². The summed E-state index contributed by atoms with van der Waals surface area (Å²) in [5.74, 6) is 0.661. The highest BCUT2D eigenvalue weighted by Crippen LogP contribution is 2.20. The summed E-state index contributed by atoms with van der Waals surface area (Å²) in [5.41, 5.74) is 7.20. The second-order valence-electron chi connectivity index (χ2n) is 4.85. The molecule has 2 unspecified atom stereocenters. The number of aryl methyl sites for hydroxylation is 1. The highest BCUT2D eigenvalue weighted by molar-refractivity contribution is 7.09. The van der Waals surface area contributed by atoms with E-state index in [1.54, 1.807) is 11.3 Å². The van der Waals surface area contributed by atoms with Crippen molar-refractivity contribution in [3.05, 3.63) is 16.1 Å². The first kappa shape index (κ1) is 14.9. The van der Waals surface area contributed by atoms with Crippen LogP contribution in [0.4, 0.5) is 0 Å². The van der Waals surface area contributed by atoms with Crippen molar-refractivity contribution >= 4 is 23.7 Å². The quantitative estimate of drug-likeness (QED) is 0.921. The predicted octanol–water partition coefficient (Wildman–Crippen LogP) is 2.43. The Labute approximate surface area is 114 Å². The average molecular weight is 276 g/mol. The van der Waals surface area contributed by atoms with E-state index in [1.807, 2.05) is 0 Å². The van der Waals surface area contributed by atoms with Gasteiger partial charge < -0.3 is 5.73 Å². The first-order valence-corrected chi connectivity index (χ1v) is 6.92. The fourth-order valence-electron chi connectivity index (χ4n) is 2.37.